The van der Waals surface area contributed by atoms with Crippen LogP contribution >= 0.6 is 11.3 Å². The van der Waals surface area contributed by atoms with Gasteiger partial charge in [0.05, 0.1) is 0 Å². The maximum atomic E-state index is 11.7. The molecule has 1 aromatic rings. The minimum Gasteiger partial charge on any atom is -0.398 e. The van der Waals surface area contributed by atoms with E-state index in [9.17, 15) is 12.6 Å². The topological polar surface area (TPSA) is 89.3 Å². The Labute approximate surface area is 102 Å². The van der Waals surface area contributed by atoms with E-state index >= 15 is 0 Å². The number of sulfonamides is 1. The van der Waals surface area contributed by atoms with Crippen LogP contribution in [0.5, 0.6) is 0 Å². The molecule has 16 heavy (non-hydrogen) atoms. The first-order chi connectivity index (χ1) is 7.45. The predicted molar refractivity (Wildman–Crippen MR) is 67.5 cm³/mol. The first-order valence-electron chi connectivity index (χ1n) is 4.64. The number of anilines is 1. The van der Waals surface area contributed by atoms with Gasteiger partial charge < -0.3 is 5.73 Å². The summed E-state index contributed by atoms with van der Waals surface area (Å²) in [5, 5.41) is 1.57. The summed E-state index contributed by atoms with van der Waals surface area (Å²) in [7, 11) is -4.45. The second kappa shape index (κ2) is 5.76. The van der Waals surface area contributed by atoms with Gasteiger partial charge in [-0.15, -0.1) is 11.3 Å². The lowest BCUT2D eigenvalue weighted by Crippen LogP contribution is -2.27. The van der Waals surface area contributed by atoms with E-state index in [-0.39, 0.29) is 10.8 Å². The zero-order valence-electron chi connectivity index (χ0n) is 8.80. The molecule has 0 saturated carbocycles. The van der Waals surface area contributed by atoms with Crippen LogP contribution in [0.4, 0.5) is 5.69 Å². The maximum Gasteiger partial charge on any atom is 0.250 e. The van der Waals surface area contributed by atoms with Gasteiger partial charge in [-0.3, -0.25) is 4.21 Å². The summed E-state index contributed by atoms with van der Waals surface area (Å²) in [6.45, 7) is 1.98. The van der Waals surface area contributed by atoms with Crippen LogP contribution in [-0.2, 0) is 20.8 Å². The molecule has 1 rings (SSSR count). The highest BCUT2D eigenvalue weighted by molar-refractivity contribution is 7.91. The van der Waals surface area contributed by atoms with Crippen molar-refractivity contribution in [3.8, 4) is 0 Å². The lowest BCUT2D eigenvalue weighted by molar-refractivity contribution is 0.586. The molecule has 1 atom stereocenters. The number of nitrogens with one attached hydrogen (secondary N) is 1. The summed E-state index contributed by atoms with van der Waals surface area (Å²) < 4.78 is 37.0. The summed E-state index contributed by atoms with van der Waals surface area (Å²) in [4.78, 5) is 0. The van der Waals surface area contributed by atoms with Crippen molar-refractivity contribution in [3.63, 3.8) is 0 Å². The van der Waals surface area contributed by atoms with E-state index in [4.69, 9.17) is 5.73 Å². The molecule has 8 heteroatoms. The van der Waals surface area contributed by atoms with Crippen molar-refractivity contribution in [1.29, 1.82) is 0 Å². The third-order valence-electron chi connectivity index (χ3n) is 1.80. The van der Waals surface area contributed by atoms with Crippen LogP contribution in [0.3, 0.4) is 0 Å². The molecule has 5 nitrogen and oxygen atoms in total. The number of rotatable bonds is 6. The van der Waals surface area contributed by atoms with E-state index in [1.54, 1.807) is 12.3 Å². The van der Waals surface area contributed by atoms with Crippen molar-refractivity contribution >= 4 is 37.8 Å². The third-order valence-corrected chi connectivity index (χ3v) is 6.03. The number of hydrogen-bond donors (Lipinski definition) is 2. The zero-order valence-corrected chi connectivity index (χ0v) is 11.3. The van der Waals surface area contributed by atoms with E-state index in [0.717, 1.165) is 11.3 Å². The highest BCUT2D eigenvalue weighted by Gasteiger charge is 2.15. The molecule has 0 spiro atoms. The van der Waals surface area contributed by atoms with Crippen LogP contribution in [0.1, 0.15) is 6.92 Å². The highest BCUT2D eigenvalue weighted by Crippen LogP contribution is 2.20. The fraction of sp³-hybridized carbons (Fsp3) is 0.500. The molecule has 0 aliphatic rings. The molecule has 0 aliphatic carbocycles. The van der Waals surface area contributed by atoms with Crippen LogP contribution < -0.4 is 10.5 Å². The second-order valence-electron chi connectivity index (χ2n) is 3.03. The fourth-order valence-electron chi connectivity index (χ4n) is 0.976. The predicted octanol–water partition coefficient (Wildman–Crippen LogP) is 0.377. The quantitative estimate of drug-likeness (QED) is 0.789. The molecule has 92 valence electrons. The summed E-state index contributed by atoms with van der Waals surface area (Å²) in [6.07, 6.45) is 0. The van der Waals surface area contributed by atoms with Gasteiger partial charge in [0, 0.05) is 39.9 Å². The Hall–Kier alpha value is -0.440. The molecule has 0 bridgehead atoms. The van der Waals surface area contributed by atoms with Gasteiger partial charge in [-0.05, 0) is 6.07 Å². The lowest BCUT2D eigenvalue weighted by Gasteiger charge is -2.03. The Kier molecular flexibility index (Phi) is 4.90. The standard InChI is InChI=1S/C8H14N2O3S3/c1-2-15(11)4-3-10-16(12,13)8-5-7(9)6-14-8/h5-6,10H,2-4,9H2,1H3. The average molecular weight is 282 g/mol. The highest BCUT2D eigenvalue weighted by atomic mass is 32.2. The van der Waals surface area contributed by atoms with Crippen molar-refractivity contribution in [1.82, 2.24) is 4.72 Å². The van der Waals surface area contributed by atoms with E-state index in [1.165, 1.54) is 6.07 Å². The van der Waals surface area contributed by atoms with E-state index in [1.807, 2.05) is 0 Å². The fourth-order valence-corrected chi connectivity index (χ4v) is 3.88. The summed E-state index contributed by atoms with van der Waals surface area (Å²) in [5.41, 5.74) is 5.88. The molecule has 1 aromatic heterocycles. The Morgan fingerprint density at radius 2 is 2.25 bits per heavy atom. The van der Waals surface area contributed by atoms with Crippen molar-refractivity contribution in [2.45, 2.75) is 11.1 Å². The van der Waals surface area contributed by atoms with E-state index < -0.39 is 20.8 Å². The number of nitrogens with two attached hydrogens (primary N) is 1. The van der Waals surface area contributed by atoms with Gasteiger partial charge in [0.25, 0.3) is 0 Å². The first kappa shape index (κ1) is 13.6. The van der Waals surface area contributed by atoms with Crippen molar-refractivity contribution in [2.24, 2.45) is 0 Å². The summed E-state index contributed by atoms with van der Waals surface area (Å²) in [6, 6.07) is 1.41. The minimum atomic E-state index is -3.49. The molecule has 0 fully saturated rings. The van der Waals surface area contributed by atoms with Gasteiger partial charge in [0.15, 0.2) is 0 Å². The van der Waals surface area contributed by atoms with Gasteiger partial charge in [0.2, 0.25) is 10.0 Å². The Morgan fingerprint density at radius 1 is 1.56 bits per heavy atom. The zero-order chi connectivity index (χ0) is 12.2. The van der Waals surface area contributed by atoms with Gasteiger partial charge >= 0.3 is 0 Å². The van der Waals surface area contributed by atoms with Crippen molar-refractivity contribution in [3.05, 3.63) is 11.4 Å². The average Bonchev–Trinajstić information content (AvgIpc) is 2.65. The van der Waals surface area contributed by atoms with Crippen LogP contribution in [0, 0.1) is 0 Å². The molecular weight excluding hydrogens is 268 g/mol. The Balaban J connectivity index is 2.56. The summed E-state index contributed by atoms with van der Waals surface area (Å²) >= 11 is 1.07. The monoisotopic (exact) mass is 282 g/mol. The van der Waals surface area contributed by atoms with Crippen LogP contribution in [0.2, 0.25) is 0 Å². The molecule has 0 amide bonds. The Morgan fingerprint density at radius 3 is 2.75 bits per heavy atom. The van der Waals surface area contributed by atoms with Crippen molar-refractivity contribution < 1.29 is 12.6 Å². The normalized spacial score (nSPS) is 13.8. The largest absolute Gasteiger partial charge is 0.398 e. The molecule has 0 radical (unpaired) electrons. The van der Waals surface area contributed by atoms with E-state index in [0.29, 0.717) is 17.2 Å². The van der Waals surface area contributed by atoms with Crippen molar-refractivity contribution in [2.75, 3.05) is 23.8 Å². The maximum absolute atomic E-state index is 11.7. The van der Waals surface area contributed by atoms with Crippen LogP contribution in [0.25, 0.3) is 0 Å². The molecule has 3 N–H and O–H groups in total. The van der Waals surface area contributed by atoms with Gasteiger partial charge in [-0.25, -0.2) is 13.1 Å². The van der Waals surface area contributed by atoms with Gasteiger partial charge in [-0.1, -0.05) is 6.92 Å². The first-order valence-corrected chi connectivity index (χ1v) is 8.49. The number of nitrogen functional groups attached to an aromatic ring is 1. The molecule has 0 aromatic carbocycles. The van der Waals surface area contributed by atoms with Crippen LogP contribution in [0.15, 0.2) is 15.7 Å². The number of hydrogen-bond acceptors (Lipinski definition) is 5. The lowest BCUT2D eigenvalue weighted by atomic mass is 10.6. The summed E-state index contributed by atoms with van der Waals surface area (Å²) in [5.74, 6) is 0.865. The molecule has 0 aliphatic heterocycles. The molecule has 0 saturated heterocycles. The second-order valence-corrected chi connectivity index (χ2v) is 7.80. The Bertz CT molecular complexity index is 467. The smallest absolute Gasteiger partial charge is 0.250 e. The SMILES string of the molecule is CCS(=O)CCNS(=O)(=O)c1cc(N)cs1. The molecule has 1 heterocycles. The van der Waals surface area contributed by atoms with Gasteiger partial charge in [0.1, 0.15) is 4.21 Å². The molecule has 1 unspecified atom stereocenters. The minimum absolute atomic E-state index is 0.181. The third kappa shape index (κ3) is 3.85. The van der Waals surface area contributed by atoms with Gasteiger partial charge in [-0.2, -0.15) is 0 Å². The number of thiophene rings is 1. The van der Waals surface area contributed by atoms with Crippen LogP contribution in [-0.4, -0.2) is 30.7 Å². The van der Waals surface area contributed by atoms with E-state index in [2.05, 4.69) is 4.72 Å². The molecular formula is C8H14N2O3S3.